The summed E-state index contributed by atoms with van der Waals surface area (Å²) in [4.78, 5) is 0.254. The number of hydrogen-bond donors (Lipinski definition) is 0. The van der Waals surface area contributed by atoms with Gasteiger partial charge in [0.15, 0.2) is 0 Å². The van der Waals surface area contributed by atoms with Gasteiger partial charge in [-0.3, -0.25) is 4.18 Å². The molecule has 0 atom stereocenters. The first-order valence-corrected chi connectivity index (χ1v) is 21.4. The fraction of sp³-hybridized carbons (Fsp3) is 0.854. The molecule has 0 radical (unpaired) electrons. The number of unbranched alkanes of at least 4 members (excludes halogenated alkanes) is 31. The molecule has 0 spiro atoms. The van der Waals surface area contributed by atoms with Crippen LogP contribution in [0.5, 0.6) is 0 Å². The van der Waals surface area contributed by atoms with Crippen molar-refractivity contribution >= 4 is 10.1 Å². The molecule has 4 heteroatoms. The van der Waals surface area contributed by atoms with E-state index in [9.17, 15) is 8.42 Å². The SMILES string of the molecule is CCCCCCCCCCCCCCCCCCCCCCCCCCCCCCCCCCOS(=O)(=O)c1ccc(C)cc1. The van der Waals surface area contributed by atoms with Gasteiger partial charge in [-0.15, -0.1) is 0 Å². The van der Waals surface area contributed by atoms with Crippen LogP contribution in [0.2, 0.25) is 0 Å². The Kier molecular flexibility index (Phi) is 29.7. The molecule has 0 bridgehead atoms. The van der Waals surface area contributed by atoms with Crippen LogP contribution in [0.4, 0.5) is 0 Å². The monoisotopic (exact) mass is 649 g/mol. The fourth-order valence-electron chi connectivity index (χ4n) is 6.42. The Morgan fingerprint density at radius 2 is 0.644 bits per heavy atom. The van der Waals surface area contributed by atoms with Crippen molar-refractivity contribution < 1.29 is 12.6 Å². The highest BCUT2D eigenvalue weighted by atomic mass is 32.2. The molecule has 1 rings (SSSR count). The van der Waals surface area contributed by atoms with Crippen LogP contribution in [-0.2, 0) is 14.3 Å². The van der Waals surface area contributed by atoms with E-state index in [4.69, 9.17) is 4.18 Å². The maximum atomic E-state index is 12.2. The van der Waals surface area contributed by atoms with Crippen LogP contribution in [0, 0.1) is 6.92 Å². The van der Waals surface area contributed by atoms with Crippen molar-refractivity contribution in [3.63, 3.8) is 0 Å². The van der Waals surface area contributed by atoms with Crippen LogP contribution in [0.3, 0.4) is 0 Å². The highest BCUT2D eigenvalue weighted by molar-refractivity contribution is 7.86. The average Bonchev–Trinajstić information content (AvgIpc) is 3.03. The van der Waals surface area contributed by atoms with Crippen LogP contribution in [0.25, 0.3) is 0 Å². The standard InChI is InChI=1S/C41H76O3S/c1-3-4-5-6-7-8-9-10-11-12-13-14-15-16-17-18-19-20-21-22-23-24-25-26-27-28-29-30-31-32-33-34-39-44-45(42,43)41-37-35-40(2)36-38-41/h35-38H,3-34,39H2,1-2H3. The van der Waals surface area contributed by atoms with Gasteiger partial charge < -0.3 is 0 Å². The lowest BCUT2D eigenvalue weighted by Gasteiger charge is -2.06. The first-order chi connectivity index (χ1) is 22.1. The topological polar surface area (TPSA) is 43.4 Å². The van der Waals surface area contributed by atoms with E-state index in [0.717, 1.165) is 18.4 Å². The Labute approximate surface area is 282 Å². The quantitative estimate of drug-likeness (QED) is 0.0543. The van der Waals surface area contributed by atoms with Crippen molar-refractivity contribution in [1.82, 2.24) is 0 Å². The summed E-state index contributed by atoms with van der Waals surface area (Å²) in [6, 6.07) is 6.85. The number of hydrogen-bond acceptors (Lipinski definition) is 3. The predicted octanol–water partition coefficient (Wildman–Crippen LogP) is 14.2. The normalized spacial score (nSPS) is 11.9. The third-order valence-electron chi connectivity index (χ3n) is 9.55. The van der Waals surface area contributed by atoms with Crippen molar-refractivity contribution in [3.8, 4) is 0 Å². The molecule has 0 aliphatic rings. The van der Waals surface area contributed by atoms with Crippen molar-refractivity contribution in [3.05, 3.63) is 29.8 Å². The number of rotatable bonds is 35. The van der Waals surface area contributed by atoms with E-state index in [0.29, 0.717) is 0 Å². The summed E-state index contributed by atoms with van der Waals surface area (Å²) in [7, 11) is -3.61. The van der Waals surface area contributed by atoms with Crippen molar-refractivity contribution in [2.24, 2.45) is 0 Å². The third kappa shape index (κ3) is 27.9. The molecular formula is C41H76O3S. The maximum Gasteiger partial charge on any atom is 0.296 e. The van der Waals surface area contributed by atoms with Gasteiger partial charge in [-0.2, -0.15) is 8.42 Å². The second-order valence-corrected chi connectivity index (χ2v) is 15.7. The van der Waals surface area contributed by atoms with Gasteiger partial charge >= 0.3 is 0 Å². The molecule has 0 aliphatic heterocycles. The predicted molar refractivity (Wildman–Crippen MR) is 198 cm³/mol. The lowest BCUT2D eigenvalue weighted by molar-refractivity contribution is 0.306. The third-order valence-corrected chi connectivity index (χ3v) is 10.9. The Morgan fingerprint density at radius 3 is 0.911 bits per heavy atom. The van der Waals surface area contributed by atoms with E-state index in [2.05, 4.69) is 6.92 Å². The molecule has 0 aliphatic carbocycles. The summed E-state index contributed by atoms with van der Waals surface area (Å²) in [6.45, 7) is 4.53. The summed E-state index contributed by atoms with van der Waals surface area (Å²) in [5.74, 6) is 0. The van der Waals surface area contributed by atoms with E-state index in [-0.39, 0.29) is 11.5 Å². The van der Waals surface area contributed by atoms with E-state index >= 15 is 0 Å². The second kappa shape index (κ2) is 31.7. The molecule has 0 fully saturated rings. The van der Waals surface area contributed by atoms with Crippen LogP contribution < -0.4 is 0 Å². The molecule has 1 aromatic rings. The summed E-state index contributed by atoms with van der Waals surface area (Å²) in [5, 5.41) is 0. The molecular weight excluding hydrogens is 573 g/mol. The molecule has 0 saturated heterocycles. The zero-order valence-electron chi connectivity index (χ0n) is 30.3. The van der Waals surface area contributed by atoms with E-state index in [1.54, 1.807) is 24.3 Å². The second-order valence-electron chi connectivity index (χ2n) is 14.0. The van der Waals surface area contributed by atoms with E-state index < -0.39 is 10.1 Å². The highest BCUT2D eigenvalue weighted by Crippen LogP contribution is 2.18. The zero-order chi connectivity index (χ0) is 32.5. The fourth-order valence-corrected chi connectivity index (χ4v) is 7.36. The molecule has 0 amide bonds. The molecule has 264 valence electrons. The van der Waals surface area contributed by atoms with Gasteiger partial charge in [0.25, 0.3) is 10.1 Å². The van der Waals surface area contributed by atoms with Gasteiger partial charge in [0.2, 0.25) is 0 Å². The molecule has 3 nitrogen and oxygen atoms in total. The van der Waals surface area contributed by atoms with Gasteiger partial charge in [0.1, 0.15) is 0 Å². The largest absolute Gasteiger partial charge is 0.296 e. The molecule has 0 heterocycles. The van der Waals surface area contributed by atoms with E-state index in [1.807, 2.05) is 6.92 Å². The Hall–Kier alpha value is -0.870. The van der Waals surface area contributed by atoms with Crippen molar-refractivity contribution in [2.45, 2.75) is 224 Å². The summed E-state index contributed by atoms with van der Waals surface area (Å²) in [6.07, 6.45) is 44.6. The van der Waals surface area contributed by atoms with E-state index in [1.165, 1.54) is 193 Å². The summed E-state index contributed by atoms with van der Waals surface area (Å²) in [5.41, 5.74) is 1.05. The average molecular weight is 649 g/mol. The Morgan fingerprint density at radius 1 is 0.400 bits per heavy atom. The lowest BCUT2D eigenvalue weighted by atomic mass is 10.0. The summed E-state index contributed by atoms with van der Waals surface area (Å²) < 4.78 is 29.6. The molecule has 0 unspecified atom stereocenters. The van der Waals surface area contributed by atoms with Gasteiger partial charge in [-0.25, -0.2) is 0 Å². The molecule has 0 saturated carbocycles. The van der Waals surface area contributed by atoms with Gasteiger partial charge in [-0.05, 0) is 25.5 Å². The highest BCUT2D eigenvalue weighted by Gasteiger charge is 2.14. The van der Waals surface area contributed by atoms with Crippen molar-refractivity contribution in [1.29, 1.82) is 0 Å². The minimum absolute atomic E-state index is 0.254. The number of benzene rings is 1. The number of aryl methyl sites for hydroxylation is 1. The summed E-state index contributed by atoms with van der Waals surface area (Å²) >= 11 is 0. The van der Waals surface area contributed by atoms with Crippen LogP contribution in [-0.4, -0.2) is 15.0 Å². The first kappa shape index (κ1) is 42.2. The molecule has 0 N–H and O–H groups in total. The Bertz CT molecular complexity index is 833. The Balaban J connectivity index is 1.68. The molecule has 0 aromatic heterocycles. The van der Waals surface area contributed by atoms with Crippen LogP contribution >= 0.6 is 0 Å². The zero-order valence-corrected chi connectivity index (χ0v) is 31.1. The van der Waals surface area contributed by atoms with Crippen molar-refractivity contribution in [2.75, 3.05) is 6.61 Å². The first-order valence-electron chi connectivity index (χ1n) is 20.0. The maximum absolute atomic E-state index is 12.2. The minimum Gasteiger partial charge on any atom is -0.266 e. The lowest BCUT2D eigenvalue weighted by Crippen LogP contribution is -2.07. The van der Waals surface area contributed by atoms with Gasteiger partial charge in [-0.1, -0.05) is 224 Å². The van der Waals surface area contributed by atoms with Gasteiger partial charge in [0, 0.05) is 0 Å². The minimum atomic E-state index is -3.61. The van der Waals surface area contributed by atoms with Crippen LogP contribution in [0.1, 0.15) is 218 Å². The van der Waals surface area contributed by atoms with Crippen LogP contribution in [0.15, 0.2) is 29.2 Å². The van der Waals surface area contributed by atoms with Gasteiger partial charge in [0.05, 0.1) is 11.5 Å². The smallest absolute Gasteiger partial charge is 0.266 e. The molecule has 45 heavy (non-hydrogen) atoms. The molecule has 1 aromatic carbocycles.